The van der Waals surface area contributed by atoms with Gasteiger partial charge in [0.25, 0.3) is 0 Å². The van der Waals surface area contributed by atoms with Crippen LogP contribution in [0.15, 0.2) is 10.9 Å². The molecule has 140 valence electrons. The Labute approximate surface area is 154 Å². The molecule has 2 aliphatic rings. The SMILES string of the molecule is CC(C)Cc1noc([C@H]2CCCN(c3ncnc4c3CCNCC4)C2)n1. The Morgan fingerprint density at radius 2 is 2.15 bits per heavy atom. The lowest BCUT2D eigenvalue weighted by molar-refractivity contribution is 0.329. The molecule has 1 saturated heterocycles. The van der Waals surface area contributed by atoms with Crippen LogP contribution in [0.3, 0.4) is 0 Å². The van der Waals surface area contributed by atoms with Crippen molar-refractivity contribution in [2.75, 3.05) is 31.1 Å². The van der Waals surface area contributed by atoms with Gasteiger partial charge in [0.15, 0.2) is 5.82 Å². The third kappa shape index (κ3) is 3.72. The van der Waals surface area contributed by atoms with Gasteiger partial charge < -0.3 is 14.7 Å². The summed E-state index contributed by atoms with van der Waals surface area (Å²) in [5.41, 5.74) is 2.50. The molecule has 0 unspecified atom stereocenters. The fraction of sp³-hybridized carbons (Fsp3) is 0.684. The number of rotatable bonds is 4. The van der Waals surface area contributed by atoms with Crippen LogP contribution in [0.5, 0.6) is 0 Å². The third-order valence-corrected chi connectivity index (χ3v) is 5.25. The molecule has 1 N–H and O–H groups in total. The number of nitrogens with one attached hydrogen (secondary N) is 1. The Morgan fingerprint density at radius 3 is 3.04 bits per heavy atom. The van der Waals surface area contributed by atoms with Crippen LogP contribution < -0.4 is 10.2 Å². The third-order valence-electron chi connectivity index (χ3n) is 5.25. The van der Waals surface area contributed by atoms with Gasteiger partial charge in [0.1, 0.15) is 12.1 Å². The van der Waals surface area contributed by atoms with Gasteiger partial charge in [0.05, 0.1) is 11.6 Å². The minimum atomic E-state index is 0.284. The van der Waals surface area contributed by atoms with Gasteiger partial charge in [-0.2, -0.15) is 4.98 Å². The molecule has 0 spiro atoms. The number of piperidine rings is 1. The Kier molecular flexibility index (Phi) is 5.15. The van der Waals surface area contributed by atoms with Gasteiger partial charge in [-0.05, 0) is 31.7 Å². The van der Waals surface area contributed by atoms with Crippen molar-refractivity contribution in [3.05, 3.63) is 29.3 Å². The van der Waals surface area contributed by atoms with E-state index < -0.39 is 0 Å². The predicted molar refractivity (Wildman–Crippen MR) is 99.3 cm³/mol. The summed E-state index contributed by atoms with van der Waals surface area (Å²) in [5.74, 6) is 3.53. The Bertz CT molecular complexity index is 743. The van der Waals surface area contributed by atoms with Crippen LogP contribution in [-0.4, -0.2) is 46.3 Å². The maximum Gasteiger partial charge on any atom is 0.231 e. The first-order chi connectivity index (χ1) is 12.7. The zero-order valence-corrected chi connectivity index (χ0v) is 15.7. The largest absolute Gasteiger partial charge is 0.355 e. The molecule has 0 saturated carbocycles. The number of anilines is 1. The number of hydrogen-bond donors (Lipinski definition) is 1. The lowest BCUT2D eigenvalue weighted by Gasteiger charge is -2.33. The molecular formula is C19H28N6O. The van der Waals surface area contributed by atoms with Crippen LogP contribution in [0.2, 0.25) is 0 Å². The van der Waals surface area contributed by atoms with Gasteiger partial charge in [-0.1, -0.05) is 19.0 Å². The van der Waals surface area contributed by atoms with E-state index in [0.717, 1.165) is 75.8 Å². The first kappa shape index (κ1) is 17.4. The molecule has 2 aliphatic heterocycles. The Balaban J connectivity index is 1.53. The van der Waals surface area contributed by atoms with E-state index in [0.29, 0.717) is 5.92 Å². The van der Waals surface area contributed by atoms with Crippen molar-refractivity contribution in [1.29, 1.82) is 0 Å². The first-order valence-corrected chi connectivity index (χ1v) is 9.81. The summed E-state index contributed by atoms with van der Waals surface area (Å²) in [5, 5.41) is 7.63. The summed E-state index contributed by atoms with van der Waals surface area (Å²) < 4.78 is 5.59. The van der Waals surface area contributed by atoms with Crippen LogP contribution in [0.25, 0.3) is 0 Å². The Hall–Kier alpha value is -2.02. The average molecular weight is 356 g/mol. The maximum atomic E-state index is 5.59. The molecule has 4 rings (SSSR count). The quantitative estimate of drug-likeness (QED) is 0.899. The zero-order valence-electron chi connectivity index (χ0n) is 15.7. The Morgan fingerprint density at radius 1 is 1.27 bits per heavy atom. The van der Waals surface area contributed by atoms with Gasteiger partial charge in [-0.3, -0.25) is 0 Å². The van der Waals surface area contributed by atoms with E-state index in [1.807, 2.05) is 0 Å². The number of aromatic nitrogens is 4. The second-order valence-corrected chi connectivity index (χ2v) is 7.80. The molecule has 4 heterocycles. The van der Waals surface area contributed by atoms with Gasteiger partial charge in [0, 0.05) is 38.0 Å². The summed E-state index contributed by atoms with van der Waals surface area (Å²) in [4.78, 5) is 16.2. The number of nitrogens with zero attached hydrogens (tertiary/aromatic N) is 5. The van der Waals surface area contributed by atoms with Crippen LogP contribution in [-0.2, 0) is 19.3 Å². The van der Waals surface area contributed by atoms with Gasteiger partial charge in [-0.15, -0.1) is 0 Å². The van der Waals surface area contributed by atoms with E-state index in [1.54, 1.807) is 6.33 Å². The van der Waals surface area contributed by atoms with E-state index in [4.69, 9.17) is 4.52 Å². The molecule has 7 heteroatoms. The summed E-state index contributed by atoms with van der Waals surface area (Å²) in [7, 11) is 0. The van der Waals surface area contributed by atoms with Crippen molar-refractivity contribution in [2.24, 2.45) is 5.92 Å². The van der Waals surface area contributed by atoms with E-state index in [2.05, 4.69) is 44.2 Å². The molecule has 26 heavy (non-hydrogen) atoms. The average Bonchev–Trinajstić information content (AvgIpc) is 2.96. The zero-order chi connectivity index (χ0) is 17.9. The highest BCUT2D eigenvalue weighted by Gasteiger charge is 2.29. The van der Waals surface area contributed by atoms with E-state index >= 15 is 0 Å². The lowest BCUT2D eigenvalue weighted by Crippen LogP contribution is -2.36. The highest BCUT2D eigenvalue weighted by atomic mass is 16.5. The van der Waals surface area contributed by atoms with Crippen LogP contribution >= 0.6 is 0 Å². The molecule has 2 aromatic rings. The van der Waals surface area contributed by atoms with Crippen molar-refractivity contribution in [3.8, 4) is 0 Å². The first-order valence-electron chi connectivity index (χ1n) is 9.81. The molecule has 1 fully saturated rings. The minimum Gasteiger partial charge on any atom is -0.355 e. The van der Waals surface area contributed by atoms with E-state index in [9.17, 15) is 0 Å². The summed E-state index contributed by atoms with van der Waals surface area (Å²) >= 11 is 0. The maximum absolute atomic E-state index is 5.59. The van der Waals surface area contributed by atoms with E-state index in [1.165, 1.54) is 11.3 Å². The van der Waals surface area contributed by atoms with Crippen molar-refractivity contribution < 1.29 is 4.52 Å². The molecule has 0 radical (unpaired) electrons. The molecule has 2 aromatic heterocycles. The van der Waals surface area contributed by atoms with Crippen LogP contribution in [0.4, 0.5) is 5.82 Å². The molecule has 0 aromatic carbocycles. The smallest absolute Gasteiger partial charge is 0.231 e. The molecular weight excluding hydrogens is 328 g/mol. The molecule has 0 bridgehead atoms. The fourth-order valence-corrected chi connectivity index (χ4v) is 3.98. The number of fused-ring (bicyclic) bond motifs is 1. The van der Waals surface area contributed by atoms with E-state index in [-0.39, 0.29) is 5.92 Å². The minimum absolute atomic E-state index is 0.284. The normalized spacial score (nSPS) is 20.9. The monoisotopic (exact) mass is 356 g/mol. The predicted octanol–water partition coefficient (Wildman–Crippen LogP) is 2.13. The highest BCUT2D eigenvalue weighted by Crippen LogP contribution is 2.31. The molecule has 7 nitrogen and oxygen atoms in total. The van der Waals surface area contributed by atoms with Crippen molar-refractivity contribution >= 4 is 5.82 Å². The van der Waals surface area contributed by atoms with Gasteiger partial charge >= 0.3 is 0 Å². The number of hydrogen-bond acceptors (Lipinski definition) is 7. The van der Waals surface area contributed by atoms with Gasteiger partial charge in [-0.25, -0.2) is 9.97 Å². The van der Waals surface area contributed by atoms with Crippen LogP contribution in [0.1, 0.15) is 55.6 Å². The lowest BCUT2D eigenvalue weighted by atomic mass is 9.97. The fourth-order valence-electron chi connectivity index (χ4n) is 3.98. The van der Waals surface area contributed by atoms with Crippen molar-refractivity contribution in [3.63, 3.8) is 0 Å². The van der Waals surface area contributed by atoms with Crippen molar-refractivity contribution in [2.45, 2.75) is 51.9 Å². The molecule has 1 atom stereocenters. The highest BCUT2D eigenvalue weighted by molar-refractivity contribution is 5.50. The summed E-state index contributed by atoms with van der Waals surface area (Å²) in [6.07, 6.45) is 6.76. The van der Waals surface area contributed by atoms with Crippen LogP contribution in [0, 0.1) is 5.92 Å². The van der Waals surface area contributed by atoms with Crippen molar-refractivity contribution in [1.82, 2.24) is 25.4 Å². The second-order valence-electron chi connectivity index (χ2n) is 7.80. The summed E-state index contributed by atoms with van der Waals surface area (Å²) in [6.45, 7) is 8.25. The van der Waals surface area contributed by atoms with Gasteiger partial charge in [0.2, 0.25) is 5.89 Å². The molecule has 0 amide bonds. The topological polar surface area (TPSA) is 80.0 Å². The summed E-state index contributed by atoms with van der Waals surface area (Å²) in [6, 6.07) is 0. The standard InChI is InChI=1S/C19H28N6O/c1-13(2)10-17-23-19(26-24-17)14-4-3-9-25(11-14)18-15-5-7-20-8-6-16(15)21-12-22-18/h12-14,20H,3-11H2,1-2H3/t14-/m0/s1. The second kappa shape index (κ2) is 7.70. The molecule has 0 aliphatic carbocycles.